The first-order valence-electron chi connectivity index (χ1n) is 7.24. The predicted octanol–water partition coefficient (Wildman–Crippen LogP) is 2.34. The normalized spacial score (nSPS) is 19.2. The maximum absolute atomic E-state index is 12.6. The Labute approximate surface area is 127 Å². The van der Waals surface area contributed by atoms with E-state index in [1.165, 1.54) is 6.33 Å². The highest BCUT2D eigenvalue weighted by molar-refractivity contribution is 7.09. The van der Waals surface area contributed by atoms with Gasteiger partial charge in [-0.25, -0.2) is 14.6 Å². The van der Waals surface area contributed by atoms with Crippen LogP contribution in [0.15, 0.2) is 18.0 Å². The second-order valence-corrected chi connectivity index (χ2v) is 6.54. The average Bonchev–Trinajstić information content (AvgIpc) is 3.18. The molecule has 0 saturated carbocycles. The number of amides is 1. The molecule has 3 heterocycles. The molecule has 0 bridgehead atoms. The van der Waals surface area contributed by atoms with Gasteiger partial charge in [-0.3, -0.25) is 4.79 Å². The summed E-state index contributed by atoms with van der Waals surface area (Å²) in [6.45, 7) is 5.65. The largest absolute Gasteiger partial charge is 0.335 e. The number of rotatable bonds is 3. The van der Waals surface area contributed by atoms with Gasteiger partial charge in [0.05, 0.1) is 11.0 Å². The number of hydrogen-bond donors (Lipinski definition) is 0. The minimum atomic E-state index is 0.0305. The number of hydrogen-bond acceptors (Lipinski definition) is 5. The van der Waals surface area contributed by atoms with Crippen molar-refractivity contribution in [1.29, 1.82) is 0 Å². The molecule has 112 valence electrons. The standard InChI is InChI=1S/C14H19N5OS/c1-10(2)13-17-12(7-21-13)14(20)18-5-3-4-11(6-18)19-9-15-8-16-19/h7-11H,3-6H2,1-2H3/t11-/m1/s1. The maximum Gasteiger partial charge on any atom is 0.273 e. The minimum Gasteiger partial charge on any atom is -0.335 e. The third-order valence-corrected chi connectivity index (χ3v) is 4.87. The van der Waals surface area contributed by atoms with Crippen molar-refractivity contribution in [3.8, 4) is 0 Å². The molecular formula is C14H19N5OS. The fourth-order valence-corrected chi connectivity index (χ4v) is 3.38. The SMILES string of the molecule is CC(C)c1nc(C(=O)N2CCC[C@@H](n3cncn3)C2)cs1. The summed E-state index contributed by atoms with van der Waals surface area (Å²) >= 11 is 1.56. The Kier molecular flexibility index (Phi) is 4.01. The van der Waals surface area contributed by atoms with Gasteiger partial charge in [-0.15, -0.1) is 11.3 Å². The van der Waals surface area contributed by atoms with Crippen LogP contribution >= 0.6 is 11.3 Å². The Morgan fingerprint density at radius 1 is 1.48 bits per heavy atom. The van der Waals surface area contributed by atoms with E-state index in [4.69, 9.17) is 0 Å². The van der Waals surface area contributed by atoms with Gasteiger partial charge >= 0.3 is 0 Å². The van der Waals surface area contributed by atoms with Gasteiger partial charge in [0.25, 0.3) is 5.91 Å². The van der Waals surface area contributed by atoms with Crippen LogP contribution in [0.4, 0.5) is 0 Å². The van der Waals surface area contributed by atoms with Crippen molar-refractivity contribution in [1.82, 2.24) is 24.6 Å². The predicted molar refractivity (Wildman–Crippen MR) is 80.4 cm³/mol. The summed E-state index contributed by atoms with van der Waals surface area (Å²) in [6.07, 6.45) is 5.27. The molecule has 1 aliphatic rings. The van der Waals surface area contributed by atoms with Crippen LogP contribution in [0.1, 0.15) is 54.1 Å². The van der Waals surface area contributed by atoms with Gasteiger partial charge in [0, 0.05) is 24.4 Å². The molecule has 1 atom stereocenters. The number of carbonyl (C=O) groups is 1. The zero-order valence-corrected chi connectivity index (χ0v) is 13.1. The third-order valence-electron chi connectivity index (χ3n) is 3.73. The van der Waals surface area contributed by atoms with E-state index in [1.807, 2.05) is 15.0 Å². The van der Waals surface area contributed by atoms with E-state index in [9.17, 15) is 4.79 Å². The van der Waals surface area contributed by atoms with Crippen LogP contribution in [0.3, 0.4) is 0 Å². The van der Waals surface area contributed by atoms with Gasteiger partial charge in [0.2, 0.25) is 0 Å². The Hall–Kier alpha value is -1.76. The van der Waals surface area contributed by atoms with Crippen molar-refractivity contribution in [2.45, 2.75) is 38.6 Å². The van der Waals surface area contributed by atoms with Crippen LogP contribution in [-0.4, -0.2) is 43.6 Å². The van der Waals surface area contributed by atoms with Crippen LogP contribution in [0.25, 0.3) is 0 Å². The number of aromatic nitrogens is 4. The summed E-state index contributed by atoms with van der Waals surface area (Å²) in [5.41, 5.74) is 0.572. The monoisotopic (exact) mass is 305 g/mol. The fourth-order valence-electron chi connectivity index (χ4n) is 2.57. The maximum atomic E-state index is 12.6. The van der Waals surface area contributed by atoms with Gasteiger partial charge in [0.1, 0.15) is 18.3 Å². The first-order valence-corrected chi connectivity index (χ1v) is 8.12. The smallest absolute Gasteiger partial charge is 0.273 e. The lowest BCUT2D eigenvalue weighted by Gasteiger charge is -2.32. The molecule has 21 heavy (non-hydrogen) atoms. The van der Waals surface area contributed by atoms with Crippen LogP contribution in [0.5, 0.6) is 0 Å². The average molecular weight is 305 g/mol. The van der Waals surface area contributed by atoms with Gasteiger partial charge in [-0.1, -0.05) is 13.8 Å². The highest BCUT2D eigenvalue weighted by atomic mass is 32.1. The molecule has 2 aromatic heterocycles. The summed E-state index contributed by atoms with van der Waals surface area (Å²) in [7, 11) is 0. The lowest BCUT2D eigenvalue weighted by molar-refractivity contribution is 0.0667. The van der Waals surface area contributed by atoms with Crippen molar-refractivity contribution in [2.75, 3.05) is 13.1 Å². The van der Waals surface area contributed by atoms with E-state index in [-0.39, 0.29) is 11.9 Å². The summed E-state index contributed by atoms with van der Waals surface area (Å²) in [5.74, 6) is 0.392. The molecule has 0 radical (unpaired) electrons. The first kappa shape index (κ1) is 14.2. The summed E-state index contributed by atoms with van der Waals surface area (Å²) in [5, 5.41) is 7.08. The van der Waals surface area contributed by atoms with Gasteiger partial charge < -0.3 is 4.90 Å². The highest BCUT2D eigenvalue weighted by Crippen LogP contribution is 2.24. The molecule has 2 aromatic rings. The molecule has 0 aliphatic carbocycles. The lowest BCUT2D eigenvalue weighted by Crippen LogP contribution is -2.41. The lowest BCUT2D eigenvalue weighted by atomic mass is 10.1. The Morgan fingerprint density at radius 3 is 3.00 bits per heavy atom. The Bertz CT molecular complexity index is 607. The summed E-state index contributed by atoms with van der Waals surface area (Å²) in [4.78, 5) is 22.9. The quantitative estimate of drug-likeness (QED) is 0.873. The molecule has 6 nitrogen and oxygen atoms in total. The number of nitrogens with zero attached hydrogens (tertiary/aromatic N) is 5. The molecule has 0 unspecified atom stereocenters. The van der Waals surface area contributed by atoms with E-state index >= 15 is 0 Å². The minimum absolute atomic E-state index is 0.0305. The molecule has 1 aliphatic heterocycles. The zero-order chi connectivity index (χ0) is 14.8. The number of piperidine rings is 1. The summed E-state index contributed by atoms with van der Waals surface area (Å²) in [6, 6.07) is 0.216. The Balaban J connectivity index is 1.71. The van der Waals surface area contributed by atoms with E-state index in [0.29, 0.717) is 18.2 Å². The molecule has 0 spiro atoms. The fraction of sp³-hybridized carbons (Fsp3) is 0.571. The van der Waals surface area contributed by atoms with Crippen LogP contribution in [0, 0.1) is 0 Å². The second kappa shape index (κ2) is 5.93. The van der Waals surface area contributed by atoms with Crippen molar-refractivity contribution >= 4 is 17.2 Å². The zero-order valence-electron chi connectivity index (χ0n) is 12.3. The molecule has 7 heteroatoms. The molecule has 0 aromatic carbocycles. The van der Waals surface area contributed by atoms with E-state index in [1.54, 1.807) is 17.7 Å². The van der Waals surface area contributed by atoms with Crippen molar-refractivity contribution in [3.05, 3.63) is 28.7 Å². The van der Waals surface area contributed by atoms with Crippen LogP contribution < -0.4 is 0 Å². The van der Waals surface area contributed by atoms with Gasteiger partial charge in [-0.05, 0) is 12.8 Å². The van der Waals surface area contributed by atoms with Crippen LogP contribution in [0.2, 0.25) is 0 Å². The summed E-state index contributed by atoms with van der Waals surface area (Å²) < 4.78 is 1.85. The van der Waals surface area contributed by atoms with E-state index in [2.05, 4.69) is 28.9 Å². The molecule has 1 saturated heterocycles. The molecule has 0 N–H and O–H groups in total. The topological polar surface area (TPSA) is 63.9 Å². The van der Waals surface area contributed by atoms with Gasteiger partial charge in [-0.2, -0.15) is 5.10 Å². The molecule has 1 fully saturated rings. The van der Waals surface area contributed by atoms with Crippen molar-refractivity contribution in [2.24, 2.45) is 0 Å². The first-order chi connectivity index (χ1) is 10.1. The molecular weight excluding hydrogens is 286 g/mol. The second-order valence-electron chi connectivity index (χ2n) is 5.65. The molecule has 1 amide bonds. The van der Waals surface area contributed by atoms with Crippen molar-refractivity contribution in [3.63, 3.8) is 0 Å². The highest BCUT2D eigenvalue weighted by Gasteiger charge is 2.27. The molecule has 3 rings (SSSR count). The van der Waals surface area contributed by atoms with E-state index < -0.39 is 0 Å². The van der Waals surface area contributed by atoms with Crippen LogP contribution in [-0.2, 0) is 0 Å². The van der Waals surface area contributed by atoms with Crippen molar-refractivity contribution < 1.29 is 4.79 Å². The third kappa shape index (κ3) is 2.97. The number of thiazole rings is 1. The Morgan fingerprint density at radius 2 is 2.33 bits per heavy atom. The number of carbonyl (C=O) groups excluding carboxylic acids is 1. The number of likely N-dealkylation sites (tertiary alicyclic amines) is 1. The van der Waals surface area contributed by atoms with E-state index in [0.717, 1.165) is 24.4 Å². The van der Waals surface area contributed by atoms with Gasteiger partial charge in [0.15, 0.2) is 0 Å².